The molecule has 0 aromatic heterocycles. The second-order valence-electron chi connectivity index (χ2n) is 5.61. The molecule has 0 saturated heterocycles. The predicted molar refractivity (Wildman–Crippen MR) is 70.0 cm³/mol. The molecule has 1 aromatic rings. The van der Waals surface area contributed by atoms with E-state index in [-0.39, 0.29) is 17.3 Å². The van der Waals surface area contributed by atoms with Crippen LogP contribution in [0.1, 0.15) is 44.2 Å². The molecule has 0 aliphatic carbocycles. The highest BCUT2D eigenvalue weighted by atomic mass is 16.5. The van der Waals surface area contributed by atoms with E-state index in [0.717, 1.165) is 0 Å². The van der Waals surface area contributed by atoms with E-state index in [9.17, 15) is 4.79 Å². The molecular formula is C15H22O2. The number of aryl methyl sites for hydroxylation is 1. The molecule has 2 nitrogen and oxygen atoms in total. The molecule has 0 aliphatic heterocycles. The molecule has 0 bridgehead atoms. The minimum Gasteiger partial charge on any atom is -0.469 e. The lowest BCUT2D eigenvalue weighted by atomic mass is 9.74. The topological polar surface area (TPSA) is 26.3 Å². The molecule has 94 valence electrons. The summed E-state index contributed by atoms with van der Waals surface area (Å²) in [6, 6.07) is 8.35. The van der Waals surface area contributed by atoms with Crippen molar-refractivity contribution in [3.05, 3.63) is 35.4 Å². The first-order chi connectivity index (χ1) is 7.84. The number of ether oxygens (including phenoxy) is 1. The van der Waals surface area contributed by atoms with Crippen molar-refractivity contribution in [2.45, 2.75) is 40.0 Å². The van der Waals surface area contributed by atoms with Gasteiger partial charge in [-0.1, -0.05) is 50.6 Å². The maximum Gasteiger partial charge on any atom is 0.306 e. The van der Waals surface area contributed by atoms with Crippen LogP contribution in [0.3, 0.4) is 0 Å². The molecule has 1 rings (SSSR count). The van der Waals surface area contributed by atoms with Crippen LogP contribution in [-0.4, -0.2) is 13.1 Å². The predicted octanol–water partition coefficient (Wildman–Crippen LogP) is 3.69. The highest BCUT2D eigenvalue weighted by Gasteiger charge is 2.28. The number of carbonyl (C=O) groups is 1. The average Bonchev–Trinajstić information content (AvgIpc) is 2.23. The van der Waals surface area contributed by atoms with Crippen molar-refractivity contribution >= 4 is 5.97 Å². The van der Waals surface area contributed by atoms with E-state index >= 15 is 0 Å². The Morgan fingerprint density at radius 2 is 2.00 bits per heavy atom. The summed E-state index contributed by atoms with van der Waals surface area (Å²) in [5.41, 5.74) is 2.48. The van der Waals surface area contributed by atoms with Crippen molar-refractivity contribution < 1.29 is 9.53 Å². The van der Waals surface area contributed by atoms with Crippen molar-refractivity contribution in [3.63, 3.8) is 0 Å². The first-order valence-electron chi connectivity index (χ1n) is 5.98. The Labute approximate surface area is 104 Å². The van der Waals surface area contributed by atoms with Crippen molar-refractivity contribution in [1.29, 1.82) is 0 Å². The van der Waals surface area contributed by atoms with Gasteiger partial charge >= 0.3 is 5.97 Å². The van der Waals surface area contributed by atoms with Crippen LogP contribution in [0.15, 0.2) is 24.3 Å². The fourth-order valence-electron chi connectivity index (χ4n) is 2.06. The van der Waals surface area contributed by atoms with Crippen LogP contribution in [0.25, 0.3) is 0 Å². The number of carbonyl (C=O) groups excluding carboxylic acids is 1. The molecule has 0 saturated carbocycles. The Morgan fingerprint density at radius 1 is 1.35 bits per heavy atom. The van der Waals surface area contributed by atoms with Gasteiger partial charge in [-0.25, -0.2) is 0 Å². The zero-order chi connectivity index (χ0) is 13.1. The fraction of sp³-hybridized carbons (Fsp3) is 0.533. The fourth-order valence-corrected chi connectivity index (χ4v) is 2.06. The van der Waals surface area contributed by atoms with Crippen molar-refractivity contribution in [3.8, 4) is 0 Å². The summed E-state index contributed by atoms with van der Waals surface area (Å²) in [7, 11) is 1.44. The maximum absolute atomic E-state index is 11.5. The van der Waals surface area contributed by atoms with Crippen LogP contribution >= 0.6 is 0 Å². The summed E-state index contributed by atoms with van der Waals surface area (Å²) in [6.45, 7) is 8.54. The van der Waals surface area contributed by atoms with E-state index in [1.165, 1.54) is 18.2 Å². The quantitative estimate of drug-likeness (QED) is 0.746. The molecule has 1 aromatic carbocycles. The molecule has 0 fully saturated rings. The highest BCUT2D eigenvalue weighted by Crippen LogP contribution is 2.38. The highest BCUT2D eigenvalue weighted by molar-refractivity contribution is 5.70. The van der Waals surface area contributed by atoms with E-state index in [1.54, 1.807) is 0 Å². The Bertz CT molecular complexity index is 388. The van der Waals surface area contributed by atoms with Crippen LogP contribution in [-0.2, 0) is 9.53 Å². The van der Waals surface area contributed by atoms with Crippen molar-refractivity contribution in [2.75, 3.05) is 7.11 Å². The minimum atomic E-state index is -0.147. The van der Waals surface area contributed by atoms with Gasteiger partial charge in [0.25, 0.3) is 0 Å². The first-order valence-corrected chi connectivity index (χ1v) is 5.98. The lowest BCUT2D eigenvalue weighted by Gasteiger charge is -2.30. The molecule has 0 radical (unpaired) electrons. The van der Waals surface area contributed by atoms with Gasteiger partial charge < -0.3 is 4.74 Å². The SMILES string of the molecule is COC(=O)C[C@@H](c1cccc(C)c1)C(C)(C)C. The molecule has 0 amide bonds. The molecular weight excluding hydrogens is 212 g/mol. The van der Waals surface area contributed by atoms with Crippen molar-refractivity contribution in [1.82, 2.24) is 0 Å². The maximum atomic E-state index is 11.5. The first kappa shape index (κ1) is 13.8. The zero-order valence-corrected chi connectivity index (χ0v) is 11.4. The summed E-state index contributed by atoms with van der Waals surface area (Å²) in [6.07, 6.45) is 0.434. The van der Waals surface area contributed by atoms with Crippen LogP contribution < -0.4 is 0 Å². The summed E-state index contributed by atoms with van der Waals surface area (Å²) < 4.78 is 4.79. The minimum absolute atomic E-state index is 0.0436. The standard InChI is InChI=1S/C15H22O2/c1-11-7-6-8-12(9-11)13(15(2,3)4)10-14(16)17-5/h6-9,13H,10H2,1-5H3/t13-/m0/s1. The molecule has 2 heteroatoms. The van der Waals surface area contributed by atoms with Gasteiger partial charge in [0.1, 0.15) is 0 Å². The number of esters is 1. The van der Waals surface area contributed by atoms with Gasteiger partial charge in [0, 0.05) is 0 Å². The van der Waals surface area contributed by atoms with Gasteiger partial charge in [0.2, 0.25) is 0 Å². The molecule has 17 heavy (non-hydrogen) atoms. The summed E-state index contributed by atoms with van der Waals surface area (Å²) in [4.78, 5) is 11.5. The van der Waals surface area contributed by atoms with Gasteiger partial charge in [-0.15, -0.1) is 0 Å². The Kier molecular flexibility index (Phi) is 4.33. The largest absolute Gasteiger partial charge is 0.469 e. The van der Waals surface area contributed by atoms with Gasteiger partial charge in [-0.3, -0.25) is 4.79 Å². The Morgan fingerprint density at radius 3 is 2.47 bits per heavy atom. The molecule has 0 aliphatic rings. The molecule has 1 atom stereocenters. The Balaban J connectivity index is 3.02. The number of methoxy groups -OCH3 is 1. The van der Waals surface area contributed by atoms with Gasteiger partial charge in [0.05, 0.1) is 13.5 Å². The lowest BCUT2D eigenvalue weighted by molar-refractivity contribution is -0.141. The normalized spacial score (nSPS) is 13.2. The third-order valence-corrected chi connectivity index (χ3v) is 3.09. The van der Waals surface area contributed by atoms with E-state index in [4.69, 9.17) is 4.74 Å². The monoisotopic (exact) mass is 234 g/mol. The second kappa shape index (κ2) is 5.35. The third kappa shape index (κ3) is 3.88. The van der Waals surface area contributed by atoms with E-state index in [1.807, 2.05) is 6.07 Å². The van der Waals surface area contributed by atoms with Crippen LogP contribution in [0.4, 0.5) is 0 Å². The second-order valence-corrected chi connectivity index (χ2v) is 5.61. The molecule has 0 spiro atoms. The van der Waals surface area contributed by atoms with Gasteiger partial charge in [0.15, 0.2) is 0 Å². The summed E-state index contributed by atoms with van der Waals surface area (Å²) >= 11 is 0. The Hall–Kier alpha value is -1.31. The van der Waals surface area contributed by atoms with E-state index in [0.29, 0.717) is 6.42 Å². The van der Waals surface area contributed by atoms with Gasteiger partial charge in [-0.05, 0) is 23.8 Å². The van der Waals surface area contributed by atoms with Crippen molar-refractivity contribution in [2.24, 2.45) is 5.41 Å². The lowest BCUT2D eigenvalue weighted by Crippen LogP contribution is -2.22. The third-order valence-electron chi connectivity index (χ3n) is 3.09. The van der Waals surface area contributed by atoms with Crippen LogP contribution in [0.5, 0.6) is 0 Å². The summed E-state index contributed by atoms with van der Waals surface area (Å²) in [5.74, 6) is 0.0429. The van der Waals surface area contributed by atoms with E-state index in [2.05, 4.69) is 45.9 Å². The van der Waals surface area contributed by atoms with Crippen LogP contribution in [0, 0.1) is 12.3 Å². The number of hydrogen-bond acceptors (Lipinski definition) is 2. The average molecular weight is 234 g/mol. The zero-order valence-electron chi connectivity index (χ0n) is 11.4. The van der Waals surface area contributed by atoms with Crippen LogP contribution in [0.2, 0.25) is 0 Å². The number of benzene rings is 1. The molecule has 0 heterocycles. The van der Waals surface area contributed by atoms with E-state index < -0.39 is 0 Å². The molecule has 0 unspecified atom stereocenters. The van der Waals surface area contributed by atoms with Gasteiger partial charge in [-0.2, -0.15) is 0 Å². The number of rotatable bonds is 3. The number of hydrogen-bond donors (Lipinski definition) is 0. The molecule has 0 N–H and O–H groups in total. The summed E-state index contributed by atoms with van der Waals surface area (Å²) in [5, 5.41) is 0. The smallest absolute Gasteiger partial charge is 0.306 e.